The summed E-state index contributed by atoms with van der Waals surface area (Å²) >= 11 is 3.31. The number of carbonyl (C=O) groups is 3. The van der Waals surface area contributed by atoms with Crippen LogP contribution in [0.2, 0.25) is 0 Å². The van der Waals surface area contributed by atoms with Crippen LogP contribution in [-0.2, 0) is 14.4 Å². The molecule has 1 N–H and O–H groups in total. The van der Waals surface area contributed by atoms with E-state index < -0.39 is 17.8 Å². The van der Waals surface area contributed by atoms with Crippen LogP contribution >= 0.6 is 15.9 Å². The van der Waals surface area contributed by atoms with E-state index in [9.17, 15) is 14.4 Å². The number of hydrogen-bond donors (Lipinski definition) is 1. The Kier molecular flexibility index (Phi) is 5.27. The molecule has 2 aromatic rings. The van der Waals surface area contributed by atoms with Gasteiger partial charge in [0.15, 0.2) is 11.5 Å². The predicted octanol–water partition coefficient (Wildman–Crippen LogP) is 2.84. The van der Waals surface area contributed by atoms with Crippen molar-refractivity contribution in [2.24, 2.45) is 0 Å². The summed E-state index contributed by atoms with van der Waals surface area (Å²) in [6.07, 6.45) is 1.45. The number of rotatable bonds is 4. The summed E-state index contributed by atoms with van der Waals surface area (Å²) in [4.78, 5) is 36.1. The molecular formula is C19H15BrN2O5. The van der Waals surface area contributed by atoms with E-state index in [2.05, 4.69) is 21.4 Å². The first-order valence-electron chi connectivity index (χ1n) is 7.89. The van der Waals surface area contributed by atoms with E-state index >= 15 is 0 Å². The van der Waals surface area contributed by atoms with E-state index in [1.165, 1.54) is 25.1 Å². The number of nitrogens with zero attached hydrogens (tertiary/aromatic N) is 1. The highest BCUT2D eigenvalue weighted by molar-refractivity contribution is 9.10. The van der Waals surface area contributed by atoms with Crippen LogP contribution in [0.4, 0.5) is 5.69 Å². The molecule has 0 unspecified atom stereocenters. The minimum atomic E-state index is -0.511. The molecule has 1 aliphatic rings. The summed E-state index contributed by atoms with van der Waals surface area (Å²) in [5.74, 6) is -0.963. The second kappa shape index (κ2) is 7.63. The van der Waals surface area contributed by atoms with Crippen molar-refractivity contribution in [2.45, 2.75) is 6.92 Å². The fourth-order valence-corrected chi connectivity index (χ4v) is 3.09. The first kappa shape index (κ1) is 18.7. The van der Waals surface area contributed by atoms with Crippen molar-refractivity contribution in [3.63, 3.8) is 0 Å². The van der Waals surface area contributed by atoms with Crippen LogP contribution in [0.25, 0.3) is 6.08 Å². The standard InChI is InChI=1S/C19H15BrN2O5/c1-11(23)27-17-15(20)9-12(10-16(17)26-2)8-14-18(24)21-22(19(14)25)13-6-4-3-5-7-13/h3-10H,1-2H3,(H,21,24)/b14-8-. The molecule has 7 nitrogen and oxygen atoms in total. The number of amides is 2. The van der Waals surface area contributed by atoms with Gasteiger partial charge in [-0.3, -0.25) is 19.8 Å². The smallest absolute Gasteiger partial charge is 0.308 e. The molecule has 1 saturated heterocycles. The summed E-state index contributed by atoms with van der Waals surface area (Å²) in [5, 5.41) is 1.19. The lowest BCUT2D eigenvalue weighted by Crippen LogP contribution is -2.35. The maximum atomic E-state index is 12.6. The molecule has 0 atom stereocenters. The molecule has 1 heterocycles. The molecule has 0 bridgehead atoms. The third-order valence-corrected chi connectivity index (χ3v) is 4.30. The van der Waals surface area contributed by atoms with Crippen LogP contribution in [0.1, 0.15) is 12.5 Å². The van der Waals surface area contributed by atoms with Crippen molar-refractivity contribution < 1.29 is 23.9 Å². The van der Waals surface area contributed by atoms with Gasteiger partial charge >= 0.3 is 5.97 Å². The Labute approximate surface area is 163 Å². The summed E-state index contributed by atoms with van der Waals surface area (Å²) < 4.78 is 10.8. The lowest BCUT2D eigenvalue weighted by Gasteiger charge is -2.14. The molecule has 0 spiro atoms. The fraction of sp³-hybridized carbons (Fsp3) is 0.105. The van der Waals surface area contributed by atoms with Crippen molar-refractivity contribution in [2.75, 3.05) is 12.1 Å². The summed E-state index contributed by atoms with van der Waals surface area (Å²) in [7, 11) is 1.43. The van der Waals surface area contributed by atoms with Gasteiger partial charge in [0.25, 0.3) is 11.8 Å². The molecule has 27 heavy (non-hydrogen) atoms. The van der Waals surface area contributed by atoms with Gasteiger partial charge in [-0.1, -0.05) is 18.2 Å². The fourth-order valence-electron chi connectivity index (χ4n) is 2.55. The molecule has 1 fully saturated rings. The van der Waals surface area contributed by atoms with Gasteiger partial charge in [0.05, 0.1) is 17.3 Å². The second-order valence-corrected chi connectivity index (χ2v) is 6.46. The number of methoxy groups -OCH3 is 1. The number of hydrazine groups is 1. The third-order valence-electron chi connectivity index (χ3n) is 3.71. The summed E-state index contributed by atoms with van der Waals surface area (Å²) in [6.45, 7) is 1.28. The van der Waals surface area contributed by atoms with E-state index in [0.29, 0.717) is 15.7 Å². The number of hydrogen-bond acceptors (Lipinski definition) is 5. The Morgan fingerprint density at radius 2 is 1.89 bits per heavy atom. The number of carbonyl (C=O) groups excluding carboxylic acids is 3. The van der Waals surface area contributed by atoms with Gasteiger partial charge < -0.3 is 9.47 Å². The molecule has 1 aliphatic heterocycles. The Hall–Kier alpha value is -3.13. The van der Waals surface area contributed by atoms with Crippen molar-refractivity contribution >= 4 is 45.5 Å². The Bertz CT molecular complexity index is 956. The van der Waals surface area contributed by atoms with Gasteiger partial charge in [-0.25, -0.2) is 5.01 Å². The predicted molar refractivity (Wildman–Crippen MR) is 102 cm³/mol. The van der Waals surface area contributed by atoms with Crippen molar-refractivity contribution in [3.8, 4) is 11.5 Å². The SMILES string of the molecule is COc1cc(/C=C2/C(=O)NN(c3ccccc3)C2=O)cc(Br)c1OC(C)=O. The zero-order valence-electron chi connectivity index (χ0n) is 14.5. The number of para-hydroxylation sites is 1. The van der Waals surface area contributed by atoms with E-state index in [-0.39, 0.29) is 17.1 Å². The van der Waals surface area contributed by atoms with Crippen LogP contribution in [0.15, 0.2) is 52.5 Å². The first-order valence-corrected chi connectivity index (χ1v) is 8.68. The van der Waals surface area contributed by atoms with Crippen molar-refractivity contribution in [1.82, 2.24) is 5.43 Å². The molecule has 138 valence electrons. The Morgan fingerprint density at radius 1 is 1.19 bits per heavy atom. The first-order chi connectivity index (χ1) is 12.9. The van der Waals surface area contributed by atoms with Gasteiger partial charge in [0.2, 0.25) is 0 Å². The van der Waals surface area contributed by atoms with E-state index in [4.69, 9.17) is 9.47 Å². The number of benzene rings is 2. The number of anilines is 1. The Morgan fingerprint density at radius 3 is 2.52 bits per heavy atom. The van der Waals surface area contributed by atoms with Crippen molar-refractivity contribution in [1.29, 1.82) is 0 Å². The second-order valence-electron chi connectivity index (χ2n) is 5.60. The minimum Gasteiger partial charge on any atom is -0.493 e. The number of esters is 1. The molecule has 2 aromatic carbocycles. The quantitative estimate of drug-likeness (QED) is 0.348. The normalized spacial score (nSPS) is 15.1. The zero-order chi connectivity index (χ0) is 19.6. The maximum absolute atomic E-state index is 12.6. The van der Waals surface area contributed by atoms with Crippen LogP contribution < -0.4 is 19.9 Å². The van der Waals surface area contributed by atoms with Crippen LogP contribution in [-0.4, -0.2) is 24.9 Å². The van der Waals surface area contributed by atoms with E-state index in [0.717, 1.165) is 0 Å². The highest BCUT2D eigenvalue weighted by Crippen LogP contribution is 2.37. The van der Waals surface area contributed by atoms with Gasteiger partial charge in [0, 0.05) is 6.92 Å². The summed E-state index contributed by atoms with van der Waals surface area (Å²) in [6, 6.07) is 12.0. The van der Waals surface area contributed by atoms with Crippen LogP contribution in [0, 0.1) is 0 Å². The van der Waals surface area contributed by atoms with Gasteiger partial charge in [0.1, 0.15) is 5.57 Å². The molecule has 2 amide bonds. The lowest BCUT2D eigenvalue weighted by molar-refractivity contribution is -0.132. The number of nitrogens with one attached hydrogen (secondary N) is 1. The van der Waals surface area contributed by atoms with Crippen molar-refractivity contribution in [3.05, 3.63) is 58.1 Å². The molecule has 0 aromatic heterocycles. The van der Waals surface area contributed by atoms with Gasteiger partial charge in [-0.05, 0) is 51.8 Å². The van der Waals surface area contributed by atoms with Gasteiger partial charge in [-0.15, -0.1) is 0 Å². The molecule has 0 radical (unpaired) electrons. The minimum absolute atomic E-state index is 0.0203. The topological polar surface area (TPSA) is 84.9 Å². The highest BCUT2D eigenvalue weighted by atomic mass is 79.9. The molecule has 8 heteroatoms. The van der Waals surface area contributed by atoms with Crippen LogP contribution in [0.3, 0.4) is 0 Å². The number of ether oxygens (including phenoxy) is 2. The zero-order valence-corrected chi connectivity index (χ0v) is 16.1. The average molecular weight is 431 g/mol. The third kappa shape index (κ3) is 3.85. The summed E-state index contributed by atoms with van der Waals surface area (Å²) in [5.41, 5.74) is 3.60. The maximum Gasteiger partial charge on any atom is 0.308 e. The Balaban J connectivity index is 1.96. The molecular weight excluding hydrogens is 416 g/mol. The van der Waals surface area contributed by atoms with E-state index in [1.54, 1.807) is 36.4 Å². The average Bonchev–Trinajstić information content (AvgIpc) is 2.92. The largest absolute Gasteiger partial charge is 0.493 e. The number of halogens is 1. The molecule has 0 aliphatic carbocycles. The lowest BCUT2D eigenvalue weighted by atomic mass is 10.1. The molecule has 3 rings (SSSR count). The van der Waals surface area contributed by atoms with E-state index in [1.807, 2.05) is 6.07 Å². The van der Waals surface area contributed by atoms with Gasteiger partial charge in [-0.2, -0.15) is 0 Å². The monoisotopic (exact) mass is 430 g/mol. The molecule has 0 saturated carbocycles. The van der Waals surface area contributed by atoms with Crippen LogP contribution in [0.5, 0.6) is 11.5 Å². The highest BCUT2D eigenvalue weighted by Gasteiger charge is 2.34.